The SMILES string of the molecule is O=C1SC(=Cc2cc(Br)ccc2OCc2ccc([N+](=O)[O-])cc2)C(=O)N1Cc1c(F)cccc1Cl. The Morgan fingerprint density at radius 3 is 2.57 bits per heavy atom. The Labute approximate surface area is 216 Å². The third-order valence-corrected chi connectivity index (χ3v) is 6.81. The van der Waals surface area contributed by atoms with Crippen LogP contribution >= 0.6 is 39.3 Å². The van der Waals surface area contributed by atoms with E-state index in [2.05, 4.69) is 15.9 Å². The number of nitrogens with zero attached hydrogens (tertiary/aromatic N) is 2. The van der Waals surface area contributed by atoms with Gasteiger partial charge in [0.2, 0.25) is 0 Å². The van der Waals surface area contributed by atoms with Crippen LogP contribution < -0.4 is 4.74 Å². The van der Waals surface area contributed by atoms with Crippen molar-refractivity contribution in [3.05, 3.63) is 108 Å². The van der Waals surface area contributed by atoms with Gasteiger partial charge in [0.25, 0.3) is 16.8 Å². The molecule has 178 valence electrons. The molecule has 0 spiro atoms. The molecule has 2 amide bonds. The molecule has 0 bridgehead atoms. The van der Waals surface area contributed by atoms with Crippen molar-refractivity contribution < 1.29 is 23.6 Å². The van der Waals surface area contributed by atoms with Gasteiger partial charge in [-0.15, -0.1) is 0 Å². The lowest BCUT2D eigenvalue weighted by molar-refractivity contribution is -0.384. The summed E-state index contributed by atoms with van der Waals surface area (Å²) in [6.45, 7) is -0.150. The molecule has 0 aromatic heterocycles. The maximum Gasteiger partial charge on any atom is 0.293 e. The lowest BCUT2D eigenvalue weighted by Crippen LogP contribution is -2.28. The van der Waals surface area contributed by atoms with Crippen molar-refractivity contribution >= 4 is 62.2 Å². The molecular formula is C24H15BrClFN2O5S. The predicted molar refractivity (Wildman–Crippen MR) is 134 cm³/mol. The lowest BCUT2D eigenvalue weighted by atomic mass is 10.1. The highest BCUT2D eigenvalue weighted by atomic mass is 79.9. The number of imide groups is 1. The number of nitro benzene ring substituents is 1. The van der Waals surface area contributed by atoms with E-state index >= 15 is 0 Å². The minimum atomic E-state index is -0.602. The molecule has 35 heavy (non-hydrogen) atoms. The molecule has 3 aromatic rings. The van der Waals surface area contributed by atoms with Crippen molar-refractivity contribution in [2.45, 2.75) is 13.2 Å². The van der Waals surface area contributed by atoms with Gasteiger partial charge in [-0.3, -0.25) is 24.6 Å². The van der Waals surface area contributed by atoms with Crippen LogP contribution in [0, 0.1) is 15.9 Å². The summed E-state index contributed by atoms with van der Waals surface area (Å²) in [6.07, 6.45) is 1.53. The second-order valence-electron chi connectivity index (χ2n) is 7.36. The van der Waals surface area contributed by atoms with Crippen LogP contribution in [0.3, 0.4) is 0 Å². The second-order valence-corrected chi connectivity index (χ2v) is 9.68. The molecule has 0 N–H and O–H groups in total. The van der Waals surface area contributed by atoms with Gasteiger partial charge in [-0.2, -0.15) is 0 Å². The number of hydrogen-bond acceptors (Lipinski definition) is 6. The van der Waals surface area contributed by atoms with E-state index in [1.807, 2.05) is 0 Å². The Kier molecular flexibility index (Phi) is 7.54. The first-order chi connectivity index (χ1) is 16.7. The van der Waals surface area contributed by atoms with Gasteiger partial charge in [0.1, 0.15) is 18.2 Å². The fraction of sp³-hybridized carbons (Fsp3) is 0.0833. The Morgan fingerprint density at radius 2 is 1.89 bits per heavy atom. The normalized spacial score (nSPS) is 14.6. The summed E-state index contributed by atoms with van der Waals surface area (Å²) in [6, 6.07) is 15.3. The summed E-state index contributed by atoms with van der Waals surface area (Å²) in [7, 11) is 0. The zero-order valence-electron chi connectivity index (χ0n) is 17.7. The zero-order chi connectivity index (χ0) is 25.1. The molecule has 1 saturated heterocycles. The molecule has 1 fully saturated rings. The van der Waals surface area contributed by atoms with Crippen LogP contribution in [-0.4, -0.2) is 21.0 Å². The summed E-state index contributed by atoms with van der Waals surface area (Å²) in [5, 5.41) is 10.4. The minimum absolute atomic E-state index is 0.0227. The van der Waals surface area contributed by atoms with E-state index in [1.54, 1.807) is 30.3 Å². The number of benzene rings is 3. The molecule has 11 heteroatoms. The number of amides is 2. The molecule has 4 rings (SSSR count). The average Bonchev–Trinajstić information content (AvgIpc) is 3.08. The number of thioether (sulfide) groups is 1. The smallest absolute Gasteiger partial charge is 0.293 e. The molecule has 1 aliphatic rings. The van der Waals surface area contributed by atoms with Crippen LogP contribution in [0.4, 0.5) is 14.9 Å². The maximum atomic E-state index is 14.2. The predicted octanol–water partition coefficient (Wildman–Crippen LogP) is 6.97. The Hall–Kier alpha value is -3.21. The molecule has 0 unspecified atom stereocenters. The van der Waals surface area contributed by atoms with E-state index in [4.69, 9.17) is 16.3 Å². The second kappa shape index (κ2) is 10.6. The Balaban J connectivity index is 1.55. The van der Waals surface area contributed by atoms with Gasteiger partial charge in [-0.05, 0) is 65.9 Å². The van der Waals surface area contributed by atoms with Gasteiger partial charge >= 0.3 is 0 Å². The monoisotopic (exact) mass is 576 g/mol. The molecule has 0 saturated carbocycles. The van der Waals surface area contributed by atoms with Gasteiger partial charge in [0, 0.05) is 32.8 Å². The zero-order valence-corrected chi connectivity index (χ0v) is 20.9. The molecule has 0 atom stereocenters. The first-order valence-electron chi connectivity index (χ1n) is 10.1. The summed E-state index contributed by atoms with van der Waals surface area (Å²) in [5.74, 6) is -0.731. The minimum Gasteiger partial charge on any atom is -0.488 e. The van der Waals surface area contributed by atoms with Crippen LogP contribution in [0.2, 0.25) is 5.02 Å². The Bertz CT molecular complexity index is 1350. The highest BCUT2D eigenvalue weighted by molar-refractivity contribution is 9.10. The van der Waals surface area contributed by atoms with E-state index in [0.29, 0.717) is 16.9 Å². The highest BCUT2D eigenvalue weighted by Gasteiger charge is 2.36. The van der Waals surface area contributed by atoms with Crippen molar-refractivity contribution in [3.63, 3.8) is 0 Å². The fourth-order valence-corrected chi connectivity index (χ4v) is 4.69. The molecule has 1 aliphatic heterocycles. The highest BCUT2D eigenvalue weighted by Crippen LogP contribution is 2.36. The first-order valence-corrected chi connectivity index (χ1v) is 12.1. The summed E-state index contributed by atoms with van der Waals surface area (Å²) >= 11 is 10.2. The summed E-state index contributed by atoms with van der Waals surface area (Å²) in [4.78, 5) is 36.9. The summed E-state index contributed by atoms with van der Waals surface area (Å²) < 4.78 is 20.8. The molecule has 3 aromatic carbocycles. The van der Waals surface area contributed by atoms with E-state index in [-0.39, 0.29) is 34.3 Å². The van der Waals surface area contributed by atoms with Crippen LogP contribution in [0.25, 0.3) is 6.08 Å². The number of carbonyl (C=O) groups excluding carboxylic acids is 2. The van der Waals surface area contributed by atoms with Gasteiger partial charge in [0.05, 0.1) is 16.4 Å². The average molecular weight is 578 g/mol. The van der Waals surface area contributed by atoms with E-state index in [0.717, 1.165) is 21.1 Å². The van der Waals surface area contributed by atoms with Crippen LogP contribution in [0.5, 0.6) is 5.75 Å². The van der Waals surface area contributed by atoms with E-state index in [1.165, 1.54) is 36.4 Å². The van der Waals surface area contributed by atoms with Crippen molar-refractivity contribution in [2.24, 2.45) is 0 Å². The molecular weight excluding hydrogens is 563 g/mol. The van der Waals surface area contributed by atoms with Crippen LogP contribution in [-0.2, 0) is 17.9 Å². The first kappa shape index (κ1) is 24.9. The number of nitro groups is 1. The van der Waals surface area contributed by atoms with Crippen molar-refractivity contribution in [3.8, 4) is 5.75 Å². The molecule has 1 heterocycles. The number of ether oxygens (including phenoxy) is 1. The summed E-state index contributed by atoms with van der Waals surface area (Å²) in [5.41, 5.74) is 1.29. The number of carbonyl (C=O) groups is 2. The number of rotatable bonds is 7. The van der Waals surface area contributed by atoms with Crippen molar-refractivity contribution in [1.29, 1.82) is 0 Å². The third kappa shape index (κ3) is 5.72. The van der Waals surface area contributed by atoms with Gasteiger partial charge in [-0.1, -0.05) is 33.6 Å². The largest absolute Gasteiger partial charge is 0.488 e. The molecule has 0 radical (unpaired) electrons. The molecule has 0 aliphatic carbocycles. The van der Waals surface area contributed by atoms with E-state index in [9.17, 15) is 24.1 Å². The molecule has 7 nitrogen and oxygen atoms in total. The van der Waals surface area contributed by atoms with Crippen LogP contribution in [0.15, 0.2) is 70.0 Å². The number of non-ortho nitro benzene ring substituents is 1. The number of halogens is 3. The third-order valence-electron chi connectivity index (χ3n) is 5.05. The lowest BCUT2D eigenvalue weighted by Gasteiger charge is -2.14. The Morgan fingerprint density at radius 1 is 1.14 bits per heavy atom. The standard InChI is InChI=1S/C24H15BrClFN2O5S/c25-16-6-9-21(34-13-14-4-7-17(8-5-14)29(32)33)15(10-16)11-22-23(30)28(24(31)35-22)12-18-19(26)2-1-3-20(18)27/h1-11H,12-13H2. The van der Waals surface area contributed by atoms with Crippen LogP contribution in [0.1, 0.15) is 16.7 Å². The quantitative estimate of drug-likeness (QED) is 0.171. The van der Waals surface area contributed by atoms with Gasteiger partial charge in [-0.25, -0.2) is 4.39 Å². The number of hydrogen-bond donors (Lipinski definition) is 0. The van der Waals surface area contributed by atoms with Crippen molar-refractivity contribution in [1.82, 2.24) is 4.90 Å². The maximum absolute atomic E-state index is 14.2. The topological polar surface area (TPSA) is 89.7 Å². The van der Waals surface area contributed by atoms with Gasteiger partial charge < -0.3 is 4.74 Å². The van der Waals surface area contributed by atoms with Gasteiger partial charge in [0.15, 0.2) is 0 Å². The van der Waals surface area contributed by atoms with E-state index < -0.39 is 21.9 Å². The fourth-order valence-electron chi connectivity index (χ4n) is 3.26. The van der Waals surface area contributed by atoms with Crippen molar-refractivity contribution in [2.75, 3.05) is 0 Å².